The molecule has 1 unspecified atom stereocenters. The maximum atomic E-state index is 6.30. The van der Waals surface area contributed by atoms with Crippen molar-refractivity contribution in [2.75, 3.05) is 11.4 Å². The molecule has 0 aliphatic carbocycles. The maximum Gasteiger partial charge on any atom is 0.147 e. The molecule has 0 N–H and O–H groups in total. The summed E-state index contributed by atoms with van der Waals surface area (Å²) >= 11 is 12.1. The highest BCUT2D eigenvalue weighted by Gasteiger charge is 2.23. The molecule has 2 rings (SSSR count). The smallest absolute Gasteiger partial charge is 0.147 e. The number of pyridine rings is 1. The summed E-state index contributed by atoms with van der Waals surface area (Å²) in [7, 11) is 0. The molecule has 1 fully saturated rings. The lowest BCUT2D eigenvalue weighted by Crippen LogP contribution is -2.39. The Morgan fingerprint density at radius 2 is 2.29 bits per heavy atom. The zero-order chi connectivity index (χ0) is 12.3. The fraction of sp³-hybridized carbons (Fsp3) is 0.615. The lowest BCUT2D eigenvalue weighted by molar-refractivity contribution is 0.447. The van der Waals surface area contributed by atoms with E-state index in [0.717, 1.165) is 29.4 Å². The number of rotatable bonds is 3. The molecule has 2 nitrogen and oxygen atoms in total. The van der Waals surface area contributed by atoms with Crippen molar-refractivity contribution in [2.45, 2.75) is 44.5 Å². The summed E-state index contributed by atoms with van der Waals surface area (Å²) in [5, 5.41) is 0.725. The molecule has 2 heterocycles. The van der Waals surface area contributed by atoms with Crippen molar-refractivity contribution in [3.05, 3.63) is 22.8 Å². The molecule has 17 heavy (non-hydrogen) atoms. The highest BCUT2D eigenvalue weighted by Crippen LogP contribution is 2.31. The molecule has 1 aromatic heterocycles. The van der Waals surface area contributed by atoms with Crippen LogP contribution in [0.15, 0.2) is 12.3 Å². The number of alkyl halides is 1. The first kappa shape index (κ1) is 13.0. The van der Waals surface area contributed by atoms with Gasteiger partial charge in [0.25, 0.3) is 0 Å². The summed E-state index contributed by atoms with van der Waals surface area (Å²) < 4.78 is 0. The first-order valence-corrected chi connectivity index (χ1v) is 7.14. The van der Waals surface area contributed by atoms with Crippen molar-refractivity contribution < 1.29 is 0 Å². The Kier molecular flexibility index (Phi) is 4.52. The average Bonchev–Trinajstić information content (AvgIpc) is 2.38. The Labute approximate surface area is 113 Å². The molecule has 0 radical (unpaired) electrons. The normalized spacial score (nSPS) is 20.6. The third-order valence-corrected chi connectivity index (χ3v) is 3.99. The van der Waals surface area contributed by atoms with E-state index in [9.17, 15) is 0 Å². The maximum absolute atomic E-state index is 6.30. The van der Waals surface area contributed by atoms with Crippen LogP contribution in [0.3, 0.4) is 0 Å². The van der Waals surface area contributed by atoms with Gasteiger partial charge in [-0.15, -0.1) is 11.6 Å². The summed E-state index contributed by atoms with van der Waals surface area (Å²) in [6.45, 7) is 3.29. The summed E-state index contributed by atoms with van der Waals surface area (Å²) in [5.41, 5.74) is 0.977. The van der Waals surface area contributed by atoms with E-state index in [2.05, 4.69) is 16.8 Å². The Bertz CT molecular complexity index is 382. The number of anilines is 1. The minimum absolute atomic E-state index is 0.463. The molecule has 4 heteroatoms. The van der Waals surface area contributed by atoms with Crippen LogP contribution in [0.5, 0.6) is 0 Å². The van der Waals surface area contributed by atoms with Gasteiger partial charge in [-0.25, -0.2) is 4.98 Å². The second-order valence-corrected chi connectivity index (χ2v) is 5.21. The summed E-state index contributed by atoms with van der Waals surface area (Å²) in [6, 6.07) is 2.51. The number of nitrogens with zero attached hydrogens (tertiary/aromatic N) is 2. The van der Waals surface area contributed by atoms with Crippen LogP contribution in [0.4, 0.5) is 5.82 Å². The van der Waals surface area contributed by atoms with Gasteiger partial charge in [-0.3, -0.25) is 0 Å². The van der Waals surface area contributed by atoms with Crippen molar-refractivity contribution in [3.63, 3.8) is 0 Å². The third kappa shape index (κ3) is 2.86. The lowest BCUT2D eigenvalue weighted by Gasteiger charge is -2.36. The SMILES string of the molecule is CCC1CCCCN1c1ncc(CCl)cc1Cl. The molecule has 0 spiro atoms. The number of halogens is 2. The quantitative estimate of drug-likeness (QED) is 0.766. The van der Waals surface area contributed by atoms with E-state index in [1.54, 1.807) is 0 Å². The predicted octanol–water partition coefficient (Wildman–Crippen LogP) is 4.24. The molecule has 0 bridgehead atoms. The summed E-state index contributed by atoms with van der Waals surface area (Å²) in [5.74, 6) is 1.39. The zero-order valence-electron chi connectivity index (χ0n) is 10.1. The molecular formula is C13H18Cl2N2. The highest BCUT2D eigenvalue weighted by molar-refractivity contribution is 6.33. The van der Waals surface area contributed by atoms with Gasteiger partial charge in [0.1, 0.15) is 5.82 Å². The Morgan fingerprint density at radius 3 is 2.94 bits per heavy atom. The van der Waals surface area contributed by atoms with Crippen LogP contribution in [0.2, 0.25) is 5.02 Å². The van der Waals surface area contributed by atoms with Gasteiger partial charge in [0.15, 0.2) is 0 Å². The summed E-state index contributed by atoms with van der Waals surface area (Å²) in [6.07, 6.45) is 6.76. The minimum atomic E-state index is 0.463. The van der Waals surface area contributed by atoms with Gasteiger partial charge in [0.2, 0.25) is 0 Å². The molecule has 0 aromatic carbocycles. The monoisotopic (exact) mass is 272 g/mol. The zero-order valence-corrected chi connectivity index (χ0v) is 11.6. The molecule has 1 saturated heterocycles. The standard InChI is InChI=1S/C13H18Cl2N2/c1-2-11-5-3-4-6-17(11)13-12(15)7-10(8-14)9-16-13/h7,9,11H,2-6,8H2,1H3. The van der Waals surface area contributed by atoms with E-state index >= 15 is 0 Å². The fourth-order valence-corrected chi connectivity index (χ4v) is 2.90. The van der Waals surface area contributed by atoms with Crippen molar-refractivity contribution in [1.29, 1.82) is 0 Å². The Morgan fingerprint density at radius 1 is 1.47 bits per heavy atom. The van der Waals surface area contributed by atoms with E-state index in [0.29, 0.717) is 11.9 Å². The molecule has 1 aromatic rings. The van der Waals surface area contributed by atoms with E-state index < -0.39 is 0 Å². The predicted molar refractivity (Wildman–Crippen MR) is 74.1 cm³/mol. The van der Waals surface area contributed by atoms with Gasteiger partial charge >= 0.3 is 0 Å². The van der Waals surface area contributed by atoms with Crippen LogP contribution in [-0.4, -0.2) is 17.6 Å². The van der Waals surface area contributed by atoms with Crippen molar-refractivity contribution >= 4 is 29.0 Å². The number of piperidine rings is 1. The van der Waals surface area contributed by atoms with E-state index in [4.69, 9.17) is 23.2 Å². The van der Waals surface area contributed by atoms with Crippen LogP contribution >= 0.6 is 23.2 Å². The van der Waals surface area contributed by atoms with Gasteiger partial charge in [-0.05, 0) is 37.3 Å². The van der Waals surface area contributed by atoms with Crippen LogP contribution < -0.4 is 4.90 Å². The van der Waals surface area contributed by atoms with Crippen molar-refractivity contribution in [1.82, 2.24) is 4.98 Å². The third-order valence-electron chi connectivity index (χ3n) is 3.40. The number of hydrogen-bond acceptors (Lipinski definition) is 2. The van der Waals surface area contributed by atoms with Crippen LogP contribution in [0.1, 0.15) is 38.2 Å². The van der Waals surface area contributed by atoms with Crippen LogP contribution in [0.25, 0.3) is 0 Å². The number of hydrogen-bond donors (Lipinski definition) is 0. The fourth-order valence-electron chi connectivity index (χ4n) is 2.46. The van der Waals surface area contributed by atoms with Gasteiger partial charge in [-0.1, -0.05) is 18.5 Å². The van der Waals surface area contributed by atoms with Crippen LogP contribution in [0, 0.1) is 0 Å². The van der Waals surface area contributed by atoms with Gasteiger partial charge < -0.3 is 4.90 Å². The first-order chi connectivity index (χ1) is 8.26. The summed E-state index contributed by atoms with van der Waals surface area (Å²) in [4.78, 5) is 6.83. The molecule has 0 saturated carbocycles. The van der Waals surface area contributed by atoms with Gasteiger partial charge in [0, 0.05) is 24.7 Å². The topological polar surface area (TPSA) is 16.1 Å². The largest absolute Gasteiger partial charge is 0.352 e. The van der Waals surface area contributed by atoms with Crippen molar-refractivity contribution in [2.24, 2.45) is 0 Å². The average molecular weight is 273 g/mol. The molecule has 1 atom stereocenters. The lowest BCUT2D eigenvalue weighted by atomic mass is 10.00. The van der Waals surface area contributed by atoms with E-state index in [1.165, 1.54) is 19.3 Å². The molecule has 0 amide bonds. The molecule has 94 valence electrons. The molecule has 1 aliphatic heterocycles. The molecule has 1 aliphatic rings. The first-order valence-electron chi connectivity index (χ1n) is 6.23. The van der Waals surface area contributed by atoms with E-state index in [-0.39, 0.29) is 0 Å². The van der Waals surface area contributed by atoms with Crippen LogP contribution in [-0.2, 0) is 5.88 Å². The Hall–Kier alpha value is -0.470. The van der Waals surface area contributed by atoms with Gasteiger partial charge in [-0.2, -0.15) is 0 Å². The van der Waals surface area contributed by atoms with Crippen molar-refractivity contribution in [3.8, 4) is 0 Å². The second-order valence-electron chi connectivity index (χ2n) is 4.53. The number of aromatic nitrogens is 1. The molecular weight excluding hydrogens is 255 g/mol. The second kappa shape index (κ2) is 5.92. The highest BCUT2D eigenvalue weighted by atomic mass is 35.5. The van der Waals surface area contributed by atoms with Gasteiger partial charge in [0.05, 0.1) is 5.02 Å². The minimum Gasteiger partial charge on any atom is -0.352 e. The Balaban J connectivity index is 2.25. The van der Waals surface area contributed by atoms with E-state index in [1.807, 2.05) is 12.3 Å².